The standard InChI is InChI=1S/C17H25N3O/c1-4-20-12-17(11-19-20)21-13-16-7-5-15(6-8-16)9-10-18-14(2)3/h5-8,11-12,14,18H,4,9-10,13H2,1-3H3. The smallest absolute Gasteiger partial charge is 0.157 e. The summed E-state index contributed by atoms with van der Waals surface area (Å²) in [5.41, 5.74) is 2.53. The van der Waals surface area contributed by atoms with Gasteiger partial charge in [-0.15, -0.1) is 0 Å². The Morgan fingerprint density at radius 2 is 1.90 bits per heavy atom. The second-order valence-corrected chi connectivity index (χ2v) is 5.50. The molecule has 1 aromatic carbocycles. The number of aryl methyl sites for hydroxylation is 1. The molecule has 114 valence electrons. The molecule has 0 aliphatic rings. The quantitative estimate of drug-likeness (QED) is 0.811. The maximum Gasteiger partial charge on any atom is 0.157 e. The summed E-state index contributed by atoms with van der Waals surface area (Å²) in [6, 6.07) is 9.16. The number of ether oxygens (including phenoxy) is 1. The Balaban J connectivity index is 1.79. The van der Waals surface area contributed by atoms with Crippen molar-refractivity contribution in [3.8, 4) is 5.75 Å². The van der Waals surface area contributed by atoms with Crippen LogP contribution in [0.4, 0.5) is 0 Å². The zero-order valence-corrected chi connectivity index (χ0v) is 13.2. The summed E-state index contributed by atoms with van der Waals surface area (Å²) in [5.74, 6) is 0.821. The lowest BCUT2D eigenvalue weighted by Crippen LogP contribution is -2.24. The Bertz CT molecular complexity index is 531. The fourth-order valence-electron chi connectivity index (χ4n) is 2.07. The maximum absolute atomic E-state index is 5.73. The molecule has 0 saturated heterocycles. The number of nitrogens with zero attached hydrogens (tertiary/aromatic N) is 2. The zero-order chi connectivity index (χ0) is 15.1. The van der Waals surface area contributed by atoms with E-state index in [-0.39, 0.29) is 0 Å². The van der Waals surface area contributed by atoms with Gasteiger partial charge in [0.15, 0.2) is 5.75 Å². The van der Waals surface area contributed by atoms with Crippen molar-refractivity contribution in [3.63, 3.8) is 0 Å². The van der Waals surface area contributed by atoms with Crippen molar-refractivity contribution >= 4 is 0 Å². The monoisotopic (exact) mass is 287 g/mol. The van der Waals surface area contributed by atoms with Gasteiger partial charge in [-0.1, -0.05) is 38.1 Å². The summed E-state index contributed by atoms with van der Waals surface area (Å²) >= 11 is 0. The van der Waals surface area contributed by atoms with E-state index in [1.807, 2.05) is 10.9 Å². The third-order valence-corrected chi connectivity index (χ3v) is 3.33. The van der Waals surface area contributed by atoms with Crippen LogP contribution in [0.25, 0.3) is 0 Å². The molecule has 0 spiro atoms. The van der Waals surface area contributed by atoms with Crippen LogP contribution in [0.3, 0.4) is 0 Å². The lowest BCUT2D eigenvalue weighted by atomic mass is 10.1. The number of aromatic nitrogens is 2. The van der Waals surface area contributed by atoms with E-state index in [2.05, 4.69) is 55.5 Å². The Hall–Kier alpha value is -1.81. The topological polar surface area (TPSA) is 39.1 Å². The molecule has 1 N–H and O–H groups in total. The second kappa shape index (κ2) is 7.84. The van der Waals surface area contributed by atoms with E-state index >= 15 is 0 Å². The van der Waals surface area contributed by atoms with E-state index in [9.17, 15) is 0 Å². The SMILES string of the molecule is CCn1cc(OCc2ccc(CCNC(C)C)cc2)cn1. The van der Waals surface area contributed by atoms with Crippen molar-refractivity contribution in [2.24, 2.45) is 0 Å². The van der Waals surface area contributed by atoms with Gasteiger partial charge in [0.2, 0.25) is 0 Å². The Morgan fingerprint density at radius 3 is 2.52 bits per heavy atom. The average molecular weight is 287 g/mol. The number of hydrogen-bond donors (Lipinski definition) is 1. The van der Waals surface area contributed by atoms with Gasteiger partial charge >= 0.3 is 0 Å². The van der Waals surface area contributed by atoms with Gasteiger partial charge in [0.05, 0.1) is 12.4 Å². The van der Waals surface area contributed by atoms with Crippen LogP contribution in [-0.4, -0.2) is 22.4 Å². The Labute approximate surface area is 127 Å². The molecule has 0 atom stereocenters. The van der Waals surface area contributed by atoms with Crippen LogP contribution in [0.15, 0.2) is 36.7 Å². The third-order valence-electron chi connectivity index (χ3n) is 3.33. The van der Waals surface area contributed by atoms with Crippen molar-refractivity contribution < 1.29 is 4.74 Å². The highest BCUT2D eigenvalue weighted by molar-refractivity contribution is 5.23. The molecule has 2 aromatic rings. The largest absolute Gasteiger partial charge is 0.486 e. The van der Waals surface area contributed by atoms with E-state index in [4.69, 9.17) is 4.74 Å². The summed E-state index contributed by atoms with van der Waals surface area (Å²) in [6.45, 7) is 8.86. The first-order chi connectivity index (χ1) is 10.2. The minimum Gasteiger partial charge on any atom is -0.486 e. The minimum absolute atomic E-state index is 0.543. The predicted molar refractivity (Wildman–Crippen MR) is 85.5 cm³/mol. The molecule has 1 aromatic heterocycles. The van der Waals surface area contributed by atoms with Crippen molar-refractivity contribution in [2.75, 3.05) is 6.54 Å². The highest BCUT2D eigenvalue weighted by Gasteiger charge is 2.00. The van der Waals surface area contributed by atoms with Crippen LogP contribution >= 0.6 is 0 Å². The number of hydrogen-bond acceptors (Lipinski definition) is 3. The highest BCUT2D eigenvalue weighted by atomic mass is 16.5. The van der Waals surface area contributed by atoms with Crippen molar-refractivity contribution in [2.45, 2.75) is 46.4 Å². The van der Waals surface area contributed by atoms with E-state index in [0.29, 0.717) is 12.6 Å². The van der Waals surface area contributed by atoms with Gasteiger partial charge in [0, 0.05) is 12.6 Å². The van der Waals surface area contributed by atoms with Crippen LogP contribution < -0.4 is 10.1 Å². The van der Waals surface area contributed by atoms with E-state index in [1.165, 1.54) is 11.1 Å². The normalized spacial score (nSPS) is 11.0. The summed E-state index contributed by atoms with van der Waals surface area (Å²) in [6.07, 6.45) is 4.74. The van der Waals surface area contributed by atoms with Gasteiger partial charge in [0.25, 0.3) is 0 Å². The van der Waals surface area contributed by atoms with Crippen LogP contribution in [0.1, 0.15) is 31.9 Å². The van der Waals surface area contributed by atoms with Crippen LogP contribution in [0.5, 0.6) is 5.75 Å². The van der Waals surface area contributed by atoms with E-state index in [1.54, 1.807) is 6.20 Å². The van der Waals surface area contributed by atoms with E-state index < -0.39 is 0 Å². The minimum atomic E-state index is 0.543. The molecule has 21 heavy (non-hydrogen) atoms. The summed E-state index contributed by atoms with van der Waals surface area (Å²) < 4.78 is 7.59. The summed E-state index contributed by atoms with van der Waals surface area (Å²) in [4.78, 5) is 0. The molecule has 0 aliphatic heterocycles. The van der Waals surface area contributed by atoms with Crippen LogP contribution in [-0.2, 0) is 19.6 Å². The third kappa shape index (κ3) is 5.23. The molecule has 0 fully saturated rings. The average Bonchev–Trinajstić information content (AvgIpc) is 2.94. The molecular weight excluding hydrogens is 262 g/mol. The fraction of sp³-hybridized carbons (Fsp3) is 0.471. The van der Waals surface area contributed by atoms with E-state index in [0.717, 1.165) is 25.3 Å². The molecule has 0 radical (unpaired) electrons. The number of rotatable bonds is 8. The second-order valence-electron chi connectivity index (χ2n) is 5.50. The molecule has 0 unspecified atom stereocenters. The van der Waals surface area contributed by atoms with Crippen LogP contribution in [0.2, 0.25) is 0 Å². The zero-order valence-electron chi connectivity index (χ0n) is 13.2. The maximum atomic E-state index is 5.73. The molecule has 0 amide bonds. The first-order valence-electron chi connectivity index (χ1n) is 7.64. The lowest BCUT2D eigenvalue weighted by molar-refractivity contribution is 0.306. The van der Waals surface area contributed by atoms with Crippen molar-refractivity contribution in [3.05, 3.63) is 47.8 Å². The predicted octanol–water partition coefficient (Wildman–Crippen LogP) is 3.02. The van der Waals surface area contributed by atoms with Crippen LogP contribution in [0, 0.1) is 0 Å². The highest BCUT2D eigenvalue weighted by Crippen LogP contribution is 2.12. The first kappa shape index (κ1) is 15.6. The van der Waals surface area contributed by atoms with Gasteiger partial charge in [-0.3, -0.25) is 4.68 Å². The summed E-state index contributed by atoms with van der Waals surface area (Å²) in [7, 11) is 0. The van der Waals surface area contributed by atoms with Gasteiger partial charge in [-0.05, 0) is 31.0 Å². The molecule has 0 bridgehead atoms. The number of benzene rings is 1. The molecule has 2 rings (SSSR count). The molecule has 1 heterocycles. The van der Waals surface area contributed by atoms with Crippen molar-refractivity contribution in [1.29, 1.82) is 0 Å². The van der Waals surface area contributed by atoms with Crippen molar-refractivity contribution in [1.82, 2.24) is 15.1 Å². The molecule has 4 nitrogen and oxygen atoms in total. The van der Waals surface area contributed by atoms with Gasteiger partial charge in [-0.25, -0.2) is 0 Å². The van der Waals surface area contributed by atoms with Gasteiger partial charge < -0.3 is 10.1 Å². The molecule has 0 aliphatic carbocycles. The fourth-order valence-corrected chi connectivity index (χ4v) is 2.07. The van der Waals surface area contributed by atoms with Gasteiger partial charge in [0.1, 0.15) is 6.61 Å². The molecule has 0 saturated carbocycles. The Morgan fingerprint density at radius 1 is 1.19 bits per heavy atom. The Kier molecular flexibility index (Phi) is 5.81. The molecular formula is C17H25N3O. The van der Waals surface area contributed by atoms with Gasteiger partial charge in [-0.2, -0.15) is 5.10 Å². The number of nitrogens with one attached hydrogen (secondary N) is 1. The lowest BCUT2D eigenvalue weighted by Gasteiger charge is -2.08. The first-order valence-corrected chi connectivity index (χ1v) is 7.64. The molecule has 4 heteroatoms. The summed E-state index contributed by atoms with van der Waals surface area (Å²) in [5, 5.41) is 7.62.